The van der Waals surface area contributed by atoms with Crippen LogP contribution < -0.4 is 8.37 Å². The average molecular weight is 846 g/mol. The molecule has 17 heteroatoms. The van der Waals surface area contributed by atoms with Gasteiger partial charge in [0.25, 0.3) is 5.69 Å². The molecule has 312 valence electrons. The molecule has 0 unspecified atom stereocenters. The molecule has 0 aromatic heterocycles. The fraction of sp³-hybridized carbons (Fsp3) is 0.400. The Hall–Kier alpha value is -4.64. The van der Waals surface area contributed by atoms with Gasteiger partial charge in [-0.3, -0.25) is 10.1 Å². The fourth-order valence-corrected chi connectivity index (χ4v) is 8.01. The highest BCUT2D eigenvalue weighted by Gasteiger charge is 2.49. The molecule has 0 spiro atoms. The van der Waals surface area contributed by atoms with Gasteiger partial charge in [0.15, 0.2) is 0 Å². The molecule has 0 aliphatic carbocycles. The Kier molecular flexibility index (Phi) is 14.3. The average Bonchev–Trinajstić information content (AvgIpc) is 3.11. The van der Waals surface area contributed by atoms with Crippen molar-refractivity contribution in [3.8, 4) is 11.5 Å². The van der Waals surface area contributed by atoms with Gasteiger partial charge < -0.3 is 8.37 Å². The van der Waals surface area contributed by atoms with Crippen LogP contribution in [0.5, 0.6) is 11.5 Å². The standard InChI is InChI=1S/C20H22F3NO5S.C20H23F3O3S/c1-5-19(6-2,15-7-9-17(24(25)26)13(3)11-15)16-8-10-18(14(4)12-16)29-30(27,28)20(21,22)23;1-5-19(6-2,16-9-7-8-14(3)12-16)17-10-11-18(15(4)13-17)26-27(24,25)20(21,22)23/h7-12H,5-6H2,1-4H3;7-13H,5-6H2,1-4H3. The van der Waals surface area contributed by atoms with E-state index in [4.69, 9.17) is 0 Å². The molecule has 4 rings (SSSR count). The van der Waals surface area contributed by atoms with E-state index in [1.807, 2.05) is 39.0 Å². The van der Waals surface area contributed by atoms with Crippen molar-refractivity contribution < 1.29 is 56.5 Å². The molecule has 4 aromatic carbocycles. The first-order chi connectivity index (χ1) is 26.3. The van der Waals surface area contributed by atoms with Crippen LogP contribution in [0.25, 0.3) is 0 Å². The minimum absolute atomic E-state index is 0.00265. The van der Waals surface area contributed by atoms with Crippen molar-refractivity contribution in [1.29, 1.82) is 0 Å². The van der Waals surface area contributed by atoms with Gasteiger partial charge in [0, 0.05) is 22.5 Å². The Morgan fingerprint density at radius 3 is 1.19 bits per heavy atom. The zero-order chi connectivity index (χ0) is 43.4. The zero-order valence-corrected chi connectivity index (χ0v) is 34.3. The SMILES string of the molecule is CCC(CC)(c1ccc(OS(=O)(=O)C(F)(F)F)c(C)c1)c1ccc([N+](=O)[O-])c(C)c1.CCC(CC)(c1cccc(C)c1)c1ccc(OS(=O)(=O)C(F)(F)F)c(C)c1. The van der Waals surface area contributed by atoms with Crippen LogP contribution in [0.15, 0.2) is 78.9 Å². The second-order valence-electron chi connectivity index (χ2n) is 13.6. The highest BCUT2D eigenvalue weighted by atomic mass is 32.2. The van der Waals surface area contributed by atoms with Gasteiger partial charge in [-0.15, -0.1) is 0 Å². The molecule has 0 aliphatic rings. The molecule has 0 fully saturated rings. The molecular formula is C40H45F6NO8S2. The molecule has 0 heterocycles. The molecule has 9 nitrogen and oxygen atoms in total. The Labute approximate surface area is 329 Å². The molecule has 57 heavy (non-hydrogen) atoms. The molecule has 0 atom stereocenters. The predicted octanol–water partition coefficient (Wildman–Crippen LogP) is 11.2. The quantitative estimate of drug-likeness (QED) is 0.0427. The molecule has 0 saturated heterocycles. The summed E-state index contributed by atoms with van der Waals surface area (Å²) in [6, 6.07) is 21.9. The number of rotatable bonds is 13. The summed E-state index contributed by atoms with van der Waals surface area (Å²) in [6.07, 6.45) is 2.80. The molecule has 0 amide bonds. The summed E-state index contributed by atoms with van der Waals surface area (Å²) < 4.78 is 129. The fourth-order valence-electron chi connectivity index (χ4n) is 6.98. The number of aryl methyl sites for hydroxylation is 4. The van der Waals surface area contributed by atoms with Crippen LogP contribution in [0.3, 0.4) is 0 Å². The molecule has 0 aliphatic heterocycles. The van der Waals surface area contributed by atoms with Gasteiger partial charge in [-0.25, -0.2) is 0 Å². The number of halogens is 6. The normalized spacial score (nSPS) is 12.7. The summed E-state index contributed by atoms with van der Waals surface area (Å²) >= 11 is 0. The third kappa shape index (κ3) is 9.91. The molecular weight excluding hydrogens is 801 g/mol. The van der Waals surface area contributed by atoms with Crippen molar-refractivity contribution >= 4 is 25.9 Å². The first-order valence-electron chi connectivity index (χ1n) is 17.8. The summed E-state index contributed by atoms with van der Waals surface area (Å²) in [7, 11) is -11.5. The van der Waals surface area contributed by atoms with Gasteiger partial charge >= 0.3 is 31.3 Å². The maximum atomic E-state index is 12.6. The van der Waals surface area contributed by atoms with Crippen LogP contribution in [0.4, 0.5) is 32.0 Å². The van der Waals surface area contributed by atoms with Crippen molar-refractivity contribution in [3.05, 3.63) is 133 Å². The lowest BCUT2D eigenvalue weighted by Gasteiger charge is -2.34. The second kappa shape index (κ2) is 17.5. The van der Waals surface area contributed by atoms with Crippen LogP contribution in [-0.2, 0) is 31.1 Å². The van der Waals surface area contributed by atoms with E-state index in [9.17, 15) is 53.3 Å². The van der Waals surface area contributed by atoms with Crippen molar-refractivity contribution in [2.45, 2.75) is 103 Å². The van der Waals surface area contributed by atoms with Crippen LogP contribution in [-0.4, -0.2) is 32.8 Å². The van der Waals surface area contributed by atoms with E-state index in [0.717, 1.165) is 40.7 Å². The van der Waals surface area contributed by atoms with Gasteiger partial charge in [-0.05, 0) is 105 Å². The van der Waals surface area contributed by atoms with Crippen LogP contribution in [0.1, 0.15) is 97.9 Å². The van der Waals surface area contributed by atoms with Gasteiger partial charge in [-0.2, -0.15) is 43.2 Å². The number of nitro benzene ring substituents is 1. The Morgan fingerprint density at radius 1 is 0.544 bits per heavy atom. The summed E-state index contributed by atoms with van der Waals surface area (Å²) in [5, 5.41) is 11.1. The molecule has 0 N–H and O–H groups in total. The minimum atomic E-state index is -5.77. The Balaban J connectivity index is 0.000000307. The van der Waals surface area contributed by atoms with E-state index in [-0.39, 0.29) is 22.4 Å². The molecule has 0 bridgehead atoms. The smallest absolute Gasteiger partial charge is 0.376 e. The van der Waals surface area contributed by atoms with Gasteiger partial charge in [0.1, 0.15) is 11.5 Å². The van der Waals surface area contributed by atoms with Crippen molar-refractivity contribution in [2.24, 2.45) is 0 Å². The summed E-state index contributed by atoms with van der Waals surface area (Å²) in [5.74, 6) is -0.724. The lowest BCUT2D eigenvalue weighted by molar-refractivity contribution is -0.385. The Morgan fingerprint density at radius 2 is 0.895 bits per heavy atom. The highest BCUT2D eigenvalue weighted by Crippen LogP contribution is 2.43. The zero-order valence-electron chi connectivity index (χ0n) is 32.6. The van der Waals surface area contributed by atoms with Crippen LogP contribution in [0, 0.1) is 37.8 Å². The lowest BCUT2D eigenvalue weighted by atomic mass is 9.70. The number of nitro groups is 1. The number of hydrogen-bond acceptors (Lipinski definition) is 8. The van der Waals surface area contributed by atoms with Crippen molar-refractivity contribution in [3.63, 3.8) is 0 Å². The van der Waals surface area contributed by atoms with Gasteiger partial charge in [0.2, 0.25) is 0 Å². The maximum Gasteiger partial charge on any atom is 0.534 e. The number of benzene rings is 4. The number of nitrogens with zero attached hydrogens (tertiary/aromatic N) is 1. The minimum Gasteiger partial charge on any atom is -0.376 e. The van der Waals surface area contributed by atoms with Gasteiger partial charge in [0.05, 0.1) is 4.92 Å². The summed E-state index contributed by atoms with van der Waals surface area (Å²) in [6.45, 7) is 14.6. The predicted molar refractivity (Wildman–Crippen MR) is 205 cm³/mol. The highest BCUT2D eigenvalue weighted by molar-refractivity contribution is 7.88. The summed E-state index contributed by atoms with van der Waals surface area (Å²) in [4.78, 5) is 10.7. The van der Waals surface area contributed by atoms with E-state index in [2.05, 4.69) is 28.3 Å². The van der Waals surface area contributed by atoms with E-state index >= 15 is 0 Å². The number of hydrogen-bond donors (Lipinski definition) is 0. The van der Waals surface area contributed by atoms with Crippen LogP contribution in [0.2, 0.25) is 0 Å². The molecule has 0 saturated carbocycles. The molecule has 0 radical (unpaired) electrons. The summed E-state index contributed by atoms with van der Waals surface area (Å²) in [5.41, 5.74) is -6.10. The second-order valence-corrected chi connectivity index (χ2v) is 16.7. The third-order valence-corrected chi connectivity index (χ3v) is 12.3. The van der Waals surface area contributed by atoms with E-state index < -0.39 is 47.3 Å². The largest absolute Gasteiger partial charge is 0.534 e. The van der Waals surface area contributed by atoms with E-state index in [1.165, 1.54) is 38.1 Å². The van der Waals surface area contributed by atoms with Crippen molar-refractivity contribution in [2.75, 3.05) is 0 Å². The van der Waals surface area contributed by atoms with Crippen molar-refractivity contribution in [1.82, 2.24) is 0 Å². The first-order valence-corrected chi connectivity index (χ1v) is 20.6. The van der Waals surface area contributed by atoms with Gasteiger partial charge in [-0.1, -0.05) is 87.9 Å². The molecule has 4 aromatic rings. The maximum absolute atomic E-state index is 12.6. The lowest BCUT2D eigenvalue weighted by Crippen LogP contribution is -2.29. The Bertz CT molecular complexity index is 2300. The van der Waals surface area contributed by atoms with E-state index in [1.54, 1.807) is 37.3 Å². The van der Waals surface area contributed by atoms with Crippen LogP contribution >= 0.6 is 0 Å². The monoisotopic (exact) mass is 845 g/mol. The topological polar surface area (TPSA) is 130 Å². The number of alkyl halides is 6. The third-order valence-electron chi connectivity index (χ3n) is 10.4. The van der Waals surface area contributed by atoms with E-state index in [0.29, 0.717) is 24.0 Å². The first kappa shape index (κ1) is 46.7.